The number of anilines is 2. The van der Waals surface area contributed by atoms with Gasteiger partial charge in [-0.2, -0.15) is 13.2 Å². The molecule has 2 aliphatic carbocycles. The molecule has 0 bridgehead atoms. The summed E-state index contributed by atoms with van der Waals surface area (Å²) < 4.78 is 47.2. The van der Waals surface area contributed by atoms with Crippen molar-refractivity contribution in [2.24, 2.45) is 11.3 Å². The van der Waals surface area contributed by atoms with E-state index in [1.165, 1.54) is 14.0 Å². The summed E-state index contributed by atoms with van der Waals surface area (Å²) in [6.45, 7) is 3.36. The van der Waals surface area contributed by atoms with E-state index < -0.39 is 11.7 Å². The largest absolute Gasteiger partial charge is 0.495 e. The Bertz CT molecular complexity index is 1330. The van der Waals surface area contributed by atoms with Crippen LogP contribution in [0.1, 0.15) is 79.9 Å². The highest BCUT2D eigenvalue weighted by Gasteiger charge is 2.58. The summed E-state index contributed by atoms with van der Waals surface area (Å²) in [4.78, 5) is 35.1. The van der Waals surface area contributed by atoms with Crippen LogP contribution in [0.15, 0.2) is 24.4 Å². The SMILES string of the molecule is COc1cc(C(=O)NC2CCN(C)CC2)ccc1Nc1ncc(C(F)(F)F)c(CC[C@@H]2C[C@@]23CCCC[C@H]3NC(C)=O)n1. The molecule has 1 aliphatic heterocycles. The highest BCUT2D eigenvalue weighted by atomic mass is 19.4. The molecule has 3 fully saturated rings. The number of likely N-dealkylation sites (tertiary alicyclic amines) is 1. The van der Waals surface area contributed by atoms with Crippen molar-refractivity contribution in [3.8, 4) is 5.75 Å². The van der Waals surface area contributed by atoms with Gasteiger partial charge in [0.1, 0.15) is 5.75 Å². The zero-order valence-corrected chi connectivity index (χ0v) is 25.0. The molecule has 2 saturated carbocycles. The van der Waals surface area contributed by atoms with Crippen LogP contribution in [0, 0.1) is 11.3 Å². The summed E-state index contributed by atoms with van der Waals surface area (Å²) in [5.74, 6) is 0.338. The quantitative estimate of drug-likeness (QED) is 0.367. The Hall–Kier alpha value is -3.41. The number of methoxy groups -OCH3 is 1. The van der Waals surface area contributed by atoms with E-state index in [1.54, 1.807) is 18.2 Å². The van der Waals surface area contributed by atoms with Crippen LogP contribution in [-0.2, 0) is 17.4 Å². The summed E-state index contributed by atoms with van der Waals surface area (Å²) in [5.41, 5.74) is -0.0696. The van der Waals surface area contributed by atoms with Gasteiger partial charge < -0.3 is 25.6 Å². The standard InChI is InChI=1S/C31H41F3N6O3/c1-19(41)36-27-6-4-5-13-30(27)17-21(30)8-10-24-23(31(32,33)34)18-35-29(38-24)39-25-9-7-20(16-26(25)43-3)28(42)37-22-11-14-40(2)15-12-22/h7,9,16,18,21-22,27H,4-6,8,10-15,17H2,1-3H3,(H,36,41)(H,37,42)(H,35,38,39)/t21-,27-,30+/m1/s1. The number of hydrogen-bond donors (Lipinski definition) is 3. The van der Waals surface area contributed by atoms with Crippen molar-refractivity contribution in [1.82, 2.24) is 25.5 Å². The number of hydrogen-bond acceptors (Lipinski definition) is 7. The Morgan fingerprint density at radius 3 is 2.60 bits per heavy atom. The number of amides is 2. The predicted octanol–water partition coefficient (Wildman–Crippen LogP) is 5.09. The normalized spacial score (nSPS) is 24.4. The summed E-state index contributed by atoms with van der Waals surface area (Å²) >= 11 is 0. The number of piperidine rings is 1. The average Bonchev–Trinajstić information content (AvgIpc) is 3.66. The molecule has 2 aromatic rings. The summed E-state index contributed by atoms with van der Waals surface area (Å²) in [5, 5.41) is 9.14. The van der Waals surface area contributed by atoms with Gasteiger partial charge >= 0.3 is 6.18 Å². The second-order valence-corrected chi connectivity index (χ2v) is 12.3. The van der Waals surface area contributed by atoms with Crippen molar-refractivity contribution >= 4 is 23.5 Å². The van der Waals surface area contributed by atoms with Crippen molar-refractivity contribution in [3.63, 3.8) is 0 Å². The molecule has 1 aromatic heterocycles. The number of halogens is 3. The number of ether oxygens (including phenoxy) is 1. The Morgan fingerprint density at radius 2 is 1.91 bits per heavy atom. The molecule has 12 heteroatoms. The maximum atomic E-state index is 13.9. The molecule has 9 nitrogen and oxygen atoms in total. The number of aromatic nitrogens is 2. The van der Waals surface area contributed by atoms with Gasteiger partial charge in [0.15, 0.2) is 0 Å². The number of aryl methyl sites for hydroxylation is 1. The minimum atomic E-state index is -4.58. The predicted molar refractivity (Wildman–Crippen MR) is 156 cm³/mol. The summed E-state index contributed by atoms with van der Waals surface area (Å²) in [6, 6.07) is 5.06. The number of rotatable bonds is 9. The number of nitrogens with zero attached hydrogens (tertiary/aromatic N) is 3. The van der Waals surface area contributed by atoms with Crippen LogP contribution in [0.5, 0.6) is 5.75 Å². The Balaban J connectivity index is 1.28. The van der Waals surface area contributed by atoms with Crippen molar-refractivity contribution < 1.29 is 27.5 Å². The molecular weight excluding hydrogens is 561 g/mol. The van der Waals surface area contributed by atoms with Crippen molar-refractivity contribution in [1.29, 1.82) is 0 Å². The summed E-state index contributed by atoms with van der Waals surface area (Å²) in [6.07, 6.45) is 3.62. The lowest BCUT2D eigenvalue weighted by Gasteiger charge is -2.33. The Labute approximate surface area is 250 Å². The average molecular weight is 603 g/mol. The molecule has 1 aromatic carbocycles. The van der Waals surface area contributed by atoms with E-state index in [9.17, 15) is 22.8 Å². The second kappa shape index (κ2) is 12.7. The number of benzene rings is 1. The summed E-state index contributed by atoms with van der Waals surface area (Å²) in [7, 11) is 3.52. The molecule has 2 heterocycles. The van der Waals surface area contributed by atoms with Gasteiger partial charge in [-0.25, -0.2) is 9.97 Å². The lowest BCUT2D eigenvalue weighted by Crippen LogP contribution is -2.43. The third-order valence-electron chi connectivity index (χ3n) is 9.40. The highest BCUT2D eigenvalue weighted by Crippen LogP contribution is 2.63. The monoisotopic (exact) mass is 602 g/mol. The van der Waals surface area contributed by atoms with Gasteiger partial charge in [0.05, 0.1) is 24.1 Å². The molecule has 3 atom stereocenters. The van der Waals surface area contributed by atoms with Crippen LogP contribution in [-0.4, -0.2) is 66.0 Å². The van der Waals surface area contributed by atoms with Crippen LogP contribution in [0.3, 0.4) is 0 Å². The molecule has 3 N–H and O–H groups in total. The zero-order valence-electron chi connectivity index (χ0n) is 25.0. The number of carbonyl (C=O) groups is 2. The lowest BCUT2D eigenvalue weighted by molar-refractivity contribution is -0.138. The molecule has 1 spiro atoms. The number of nitrogens with one attached hydrogen (secondary N) is 3. The minimum absolute atomic E-state index is 0.0177. The molecule has 1 saturated heterocycles. The van der Waals surface area contributed by atoms with E-state index in [0.29, 0.717) is 23.4 Å². The smallest absolute Gasteiger partial charge is 0.419 e. The first kappa shape index (κ1) is 31.0. The fourth-order valence-electron chi connectivity index (χ4n) is 6.94. The third-order valence-corrected chi connectivity index (χ3v) is 9.40. The van der Waals surface area contributed by atoms with E-state index in [-0.39, 0.29) is 53.3 Å². The Kier molecular flexibility index (Phi) is 9.15. The third kappa shape index (κ3) is 7.22. The van der Waals surface area contributed by atoms with Gasteiger partial charge in [-0.3, -0.25) is 9.59 Å². The maximum Gasteiger partial charge on any atom is 0.419 e. The molecule has 2 amide bonds. The van der Waals surface area contributed by atoms with E-state index in [2.05, 4.69) is 37.9 Å². The Morgan fingerprint density at radius 1 is 1.14 bits per heavy atom. The van der Waals surface area contributed by atoms with E-state index in [4.69, 9.17) is 4.74 Å². The number of carbonyl (C=O) groups excluding carboxylic acids is 2. The molecular formula is C31H41F3N6O3. The minimum Gasteiger partial charge on any atom is -0.495 e. The van der Waals surface area contributed by atoms with Crippen LogP contribution < -0.4 is 20.7 Å². The molecule has 3 aliphatic rings. The van der Waals surface area contributed by atoms with Gasteiger partial charge in [0, 0.05) is 30.8 Å². The van der Waals surface area contributed by atoms with Crippen molar-refractivity contribution in [3.05, 3.63) is 41.2 Å². The molecule has 234 valence electrons. The van der Waals surface area contributed by atoms with Crippen molar-refractivity contribution in [2.45, 2.75) is 83.0 Å². The molecule has 43 heavy (non-hydrogen) atoms. The lowest BCUT2D eigenvalue weighted by atomic mass is 9.79. The van der Waals surface area contributed by atoms with Crippen LogP contribution in [0.4, 0.5) is 24.8 Å². The molecule has 5 rings (SSSR count). The number of alkyl halides is 3. The first-order chi connectivity index (χ1) is 20.5. The fourth-order valence-corrected chi connectivity index (χ4v) is 6.94. The molecule has 0 unspecified atom stereocenters. The first-order valence-corrected chi connectivity index (χ1v) is 15.1. The second-order valence-electron chi connectivity index (χ2n) is 12.3. The van der Waals surface area contributed by atoms with Crippen LogP contribution in [0.25, 0.3) is 0 Å². The van der Waals surface area contributed by atoms with Gasteiger partial charge in [-0.1, -0.05) is 12.8 Å². The van der Waals surface area contributed by atoms with Gasteiger partial charge in [-0.05, 0) is 94.6 Å². The van der Waals surface area contributed by atoms with E-state index in [0.717, 1.165) is 64.2 Å². The molecule has 0 radical (unpaired) electrons. The topological polar surface area (TPSA) is 108 Å². The van der Waals surface area contributed by atoms with Gasteiger partial charge in [0.2, 0.25) is 11.9 Å². The van der Waals surface area contributed by atoms with Crippen molar-refractivity contribution in [2.75, 3.05) is 32.6 Å². The van der Waals surface area contributed by atoms with E-state index in [1.807, 2.05) is 0 Å². The van der Waals surface area contributed by atoms with Gasteiger partial charge in [-0.15, -0.1) is 0 Å². The highest BCUT2D eigenvalue weighted by molar-refractivity contribution is 5.95. The van der Waals surface area contributed by atoms with Gasteiger partial charge in [0.25, 0.3) is 5.91 Å². The first-order valence-electron chi connectivity index (χ1n) is 15.1. The van der Waals surface area contributed by atoms with E-state index >= 15 is 0 Å². The maximum absolute atomic E-state index is 13.9. The zero-order chi connectivity index (χ0) is 30.8. The van der Waals surface area contributed by atoms with Crippen LogP contribution >= 0.6 is 0 Å². The fraction of sp³-hybridized carbons (Fsp3) is 0.613. The van der Waals surface area contributed by atoms with Crippen LogP contribution in [0.2, 0.25) is 0 Å².